The first kappa shape index (κ1) is 16.8. The number of guanidine groups is 1. The van der Waals surface area contributed by atoms with Gasteiger partial charge in [0, 0.05) is 39.2 Å². The summed E-state index contributed by atoms with van der Waals surface area (Å²) in [5.41, 5.74) is 3.26. The highest BCUT2D eigenvalue weighted by atomic mass is 15.3. The van der Waals surface area contributed by atoms with Gasteiger partial charge in [-0.15, -0.1) is 0 Å². The molecule has 0 aliphatic rings. The Morgan fingerprint density at radius 1 is 1.12 bits per heavy atom. The van der Waals surface area contributed by atoms with Crippen molar-refractivity contribution in [3.63, 3.8) is 0 Å². The van der Waals surface area contributed by atoms with Gasteiger partial charge in [0.15, 0.2) is 5.96 Å². The third-order valence-corrected chi connectivity index (χ3v) is 4.12. The predicted molar refractivity (Wildman–Crippen MR) is 101 cm³/mol. The Morgan fingerprint density at radius 3 is 2.60 bits per heavy atom. The molecule has 0 unspecified atom stereocenters. The van der Waals surface area contributed by atoms with E-state index in [9.17, 15) is 0 Å². The van der Waals surface area contributed by atoms with Crippen molar-refractivity contribution in [3.05, 3.63) is 72.3 Å². The lowest BCUT2D eigenvalue weighted by atomic mass is 10.3. The first-order chi connectivity index (χ1) is 12.2. The fraction of sp³-hybridized carbons (Fsp3) is 0.263. The molecular weight excluding hydrogens is 312 g/mol. The molecule has 0 spiro atoms. The number of nitrogens with one attached hydrogen (secondary N) is 1. The maximum Gasteiger partial charge on any atom is 0.194 e. The average molecular weight is 336 g/mol. The maximum absolute atomic E-state index is 4.61. The molecule has 0 amide bonds. The van der Waals surface area contributed by atoms with Crippen LogP contribution in [0.1, 0.15) is 11.4 Å². The Labute approximate surface area is 148 Å². The van der Waals surface area contributed by atoms with E-state index in [1.807, 2.05) is 54.3 Å². The molecule has 1 aromatic carbocycles. The topological polar surface area (TPSA) is 50.4 Å². The Morgan fingerprint density at radius 2 is 1.92 bits per heavy atom. The molecule has 0 fully saturated rings. The Hall–Kier alpha value is -3.02. The molecule has 0 aliphatic heterocycles. The normalized spacial score (nSPS) is 11.6. The molecule has 6 heteroatoms. The predicted octanol–water partition coefficient (Wildman–Crippen LogP) is 2.42. The minimum Gasteiger partial charge on any atom is -0.353 e. The molecule has 0 bridgehead atoms. The molecule has 2 heterocycles. The van der Waals surface area contributed by atoms with Crippen LogP contribution in [-0.2, 0) is 20.1 Å². The van der Waals surface area contributed by atoms with E-state index in [-0.39, 0.29) is 0 Å². The molecule has 2 aromatic heterocycles. The van der Waals surface area contributed by atoms with Gasteiger partial charge in [-0.1, -0.05) is 18.2 Å². The van der Waals surface area contributed by atoms with Gasteiger partial charge >= 0.3 is 0 Å². The fourth-order valence-electron chi connectivity index (χ4n) is 2.71. The van der Waals surface area contributed by atoms with Gasteiger partial charge in [0.25, 0.3) is 0 Å². The molecule has 6 nitrogen and oxygen atoms in total. The van der Waals surface area contributed by atoms with E-state index in [0.29, 0.717) is 6.54 Å². The molecule has 25 heavy (non-hydrogen) atoms. The van der Waals surface area contributed by atoms with E-state index in [1.165, 1.54) is 5.69 Å². The number of rotatable bonds is 5. The van der Waals surface area contributed by atoms with Gasteiger partial charge in [0.05, 0.1) is 24.5 Å². The first-order valence-corrected chi connectivity index (χ1v) is 8.29. The molecule has 0 aliphatic carbocycles. The van der Waals surface area contributed by atoms with Crippen LogP contribution in [0.15, 0.2) is 65.9 Å². The summed E-state index contributed by atoms with van der Waals surface area (Å²) in [6.45, 7) is 1.42. The highest BCUT2D eigenvalue weighted by Gasteiger charge is 2.09. The number of aromatic nitrogens is 3. The molecule has 3 aromatic rings. The van der Waals surface area contributed by atoms with Gasteiger partial charge in [0.2, 0.25) is 0 Å². The van der Waals surface area contributed by atoms with Crippen LogP contribution in [0.5, 0.6) is 0 Å². The summed E-state index contributed by atoms with van der Waals surface area (Å²) in [7, 11) is 5.88. The van der Waals surface area contributed by atoms with Crippen LogP contribution in [-0.4, -0.2) is 39.3 Å². The third-order valence-electron chi connectivity index (χ3n) is 4.12. The van der Waals surface area contributed by atoms with E-state index in [2.05, 4.69) is 50.3 Å². The smallest absolute Gasteiger partial charge is 0.194 e. The lowest BCUT2D eigenvalue weighted by Crippen LogP contribution is -2.38. The quantitative estimate of drug-likeness (QED) is 0.575. The van der Waals surface area contributed by atoms with Crippen molar-refractivity contribution < 1.29 is 0 Å². The van der Waals surface area contributed by atoms with Crippen molar-refractivity contribution in [1.29, 1.82) is 0 Å². The van der Waals surface area contributed by atoms with Crippen LogP contribution < -0.4 is 5.32 Å². The summed E-state index contributed by atoms with van der Waals surface area (Å²) in [6.07, 6.45) is 4.03. The van der Waals surface area contributed by atoms with Gasteiger partial charge in [-0.05, 0) is 30.3 Å². The van der Waals surface area contributed by atoms with E-state index in [4.69, 9.17) is 0 Å². The van der Waals surface area contributed by atoms with Crippen molar-refractivity contribution in [2.75, 3.05) is 14.1 Å². The van der Waals surface area contributed by atoms with Crippen molar-refractivity contribution >= 4 is 5.96 Å². The lowest BCUT2D eigenvalue weighted by molar-refractivity contribution is 0.461. The summed E-state index contributed by atoms with van der Waals surface area (Å²) >= 11 is 0. The number of benzene rings is 1. The molecule has 3 rings (SSSR count). The largest absolute Gasteiger partial charge is 0.353 e. The fourth-order valence-corrected chi connectivity index (χ4v) is 2.71. The van der Waals surface area contributed by atoms with Crippen LogP contribution in [0.4, 0.5) is 0 Å². The maximum atomic E-state index is 4.61. The highest BCUT2D eigenvalue weighted by molar-refractivity contribution is 5.79. The van der Waals surface area contributed by atoms with Gasteiger partial charge < -0.3 is 14.8 Å². The summed E-state index contributed by atoms with van der Waals surface area (Å²) in [5, 5.41) is 7.99. The summed E-state index contributed by atoms with van der Waals surface area (Å²) < 4.78 is 4.00. The van der Waals surface area contributed by atoms with Crippen molar-refractivity contribution in [3.8, 4) is 5.69 Å². The Bertz CT molecular complexity index is 830. The zero-order valence-electron chi connectivity index (χ0n) is 14.9. The van der Waals surface area contributed by atoms with Crippen LogP contribution in [0.3, 0.4) is 0 Å². The highest BCUT2D eigenvalue weighted by Crippen LogP contribution is 2.07. The molecule has 0 radical (unpaired) electrons. The number of para-hydroxylation sites is 1. The van der Waals surface area contributed by atoms with Crippen LogP contribution >= 0.6 is 0 Å². The lowest BCUT2D eigenvalue weighted by Gasteiger charge is -2.22. The van der Waals surface area contributed by atoms with Crippen molar-refractivity contribution in [2.24, 2.45) is 12.0 Å². The summed E-state index contributed by atoms with van der Waals surface area (Å²) in [6, 6.07) is 16.3. The molecule has 130 valence electrons. The number of aliphatic imine (C=N–C) groups is 1. The number of hydrogen-bond acceptors (Lipinski definition) is 2. The van der Waals surface area contributed by atoms with Crippen LogP contribution in [0.25, 0.3) is 5.69 Å². The number of nitrogens with zero attached hydrogens (tertiary/aromatic N) is 5. The molecule has 1 N–H and O–H groups in total. The number of hydrogen-bond donors (Lipinski definition) is 1. The van der Waals surface area contributed by atoms with E-state index in [1.54, 1.807) is 7.05 Å². The molecule has 0 saturated carbocycles. The molecule has 0 atom stereocenters. The van der Waals surface area contributed by atoms with E-state index in [0.717, 1.165) is 23.9 Å². The van der Waals surface area contributed by atoms with Gasteiger partial charge in [-0.3, -0.25) is 4.99 Å². The Balaban J connectivity index is 1.60. The Kier molecular flexibility index (Phi) is 5.18. The second kappa shape index (κ2) is 7.70. The minimum absolute atomic E-state index is 0.629. The second-order valence-electron chi connectivity index (χ2n) is 5.95. The first-order valence-electron chi connectivity index (χ1n) is 8.29. The van der Waals surface area contributed by atoms with Crippen molar-refractivity contribution in [2.45, 2.75) is 13.1 Å². The zero-order chi connectivity index (χ0) is 17.6. The van der Waals surface area contributed by atoms with E-state index < -0.39 is 0 Å². The average Bonchev–Trinajstić information content (AvgIpc) is 3.26. The molecule has 0 saturated heterocycles. The van der Waals surface area contributed by atoms with Crippen molar-refractivity contribution in [1.82, 2.24) is 24.6 Å². The monoisotopic (exact) mass is 336 g/mol. The second-order valence-corrected chi connectivity index (χ2v) is 5.95. The van der Waals surface area contributed by atoms with Crippen LogP contribution in [0.2, 0.25) is 0 Å². The molecular formula is C19H24N6. The van der Waals surface area contributed by atoms with Crippen LogP contribution in [0, 0.1) is 0 Å². The van der Waals surface area contributed by atoms with Gasteiger partial charge in [-0.2, -0.15) is 5.10 Å². The third kappa shape index (κ3) is 4.09. The minimum atomic E-state index is 0.629. The summed E-state index contributed by atoms with van der Waals surface area (Å²) in [5.74, 6) is 0.843. The zero-order valence-corrected chi connectivity index (χ0v) is 14.9. The standard InChI is InChI=1S/C19H24N6/c1-20-19(24(3)15-18-10-7-12-23(18)2)21-14-16-11-13-25(22-16)17-8-5-4-6-9-17/h4-13H,14-15H2,1-3H3,(H,20,21). The summed E-state index contributed by atoms with van der Waals surface area (Å²) in [4.78, 5) is 6.47. The SMILES string of the molecule is CN=C(NCc1ccn(-c2ccccc2)n1)N(C)Cc1cccn1C. The van der Waals surface area contributed by atoms with E-state index >= 15 is 0 Å². The van der Waals surface area contributed by atoms with Gasteiger partial charge in [0.1, 0.15) is 0 Å². The van der Waals surface area contributed by atoms with Gasteiger partial charge in [-0.25, -0.2) is 4.68 Å². The number of aryl methyl sites for hydroxylation is 1.